The summed E-state index contributed by atoms with van der Waals surface area (Å²) in [6, 6.07) is 0. The van der Waals surface area contributed by atoms with E-state index in [4.69, 9.17) is 0 Å². The van der Waals surface area contributed by atoms with Crippen molar-refractivity contribution < 1.29 is 5.73 Å². The van der Waals surface area contributed by atoms with Crippen LogP contribution in [-0.4, -0.2) is 5.54 Å². The molecule has 0 aromatic heterocycles. The van der Waals surface area contributed by atoms with Gasteiger partial charge in [-0.1, -0.05) is 13.8 Å². The van der Waals surface area contributed by atoms with Crippen molar-refractivity contribution in [2.45, 2.75) is 53.0 Å². The Morgan fingerprint density at radius 1 is 1.33 bits per heavy atom. The number of hydrogen-bond donors (Lipinski definition) is 2. The molecule has 0 spiro atoms. The first kappa shape index (κ1) is 12.3. The van der Waals surface area contributed by atoms with Gasteiger partial charge in [-0.15, -0.1) is 0 Å². The molecule has 0 bridgehead atoms. The zero-order chi connectivity index (χ0) is 11.7. The highest BCUT2D eigenvalue weighted by atomic mass is 15.0. The van der Waals surface area contributed by atoms with Gasteiger partial charge in [-0.3, -0.25) is 0 Å². The molecule has 1 rings (SSSR count). The summed E-state index contributed by atoms with van der Waals surface area (Å²) in [6.45, 7) is 11.2. The van der Waals surface area contributed by atoms with Crippen LogP contribution in [0.5, 0.6) is 0 Å². The zero-order valence-electron chi connectivity index (χ0n) is 10.8. The van der Waals surface area contributed by atoms with Gasteiger partial charge in [0.05, 0.1) is 6.20 Å². The topological polar surface area (TPSA) is 39.7 Å². The minimum absolute atomic E-state index is 0.144. The monoisotopic (exact) mass is 209 g/mol. The molecule has 0 aromatic carbocycles. The summed E-state index contributed by atoms with van der Waals surface area (Å²) in [7, 11) is 0. The molecule has 0 fully saturated rings. The van der Waals surface area contributed by atoms with Crippen molar-refractivity contribution in [3.05, 3.63) is 23.5 Å². The summed E-state index contributed by atoms with van der Waals surface area (Å²) >= 11 is 0. The van der Waals surface area contributed by atoms with Crippen molar-refractivity contribution in [3.8, 4) is 0 Å². The first-order valence-electron chi connectivity index (χ1n) is 5.69. The fourth-order valence-electron chi connectivity index (χ4n) is 2.15. The van der Waals surface area contributed by atoms with E-state index in [9.17, 15) is 0 Å². The van der Waals surface area contributed by atoms with Crippen LogP contribution in [0.15, 0.2) is 23.5 Å². The van der Waals surface area contributed by atoms with Crippen LogP contribution in [-0.2, 0) is 0 Å². The quantitative estimate of drug-likeness (QED) is 0.683. The molecule has 0 atom stereocenters. The van der Waals surface area contributed by atoms with Gasteiger partial charge < -0.3 is 11.1 Å². The summed E-state index contributed by atoms with van der Waals surface area (Å²) in [5.74, 6) is 0. The third kappa shape index (κ3) is 4.08. The number of hydrogen-bond acceptors (Lipinski definition) is 1. The van der Waals surface area contributed by atoms with Crippen molar-refractivity contribution in [1.82, 2.24) is 5.32 Å². The number of quaternary nitrogens is 1. The Bertz CT molecular complexity index is 290. The molecule has 0 saturated carbocycles. The maximum atomic E-state index is 3.87. The van der Waals surface area contributed by atoms with Crippen molar-refractivity contribution >= 4 is 0 Å². The van der Waals surface area contributed by atoms with Crippen molar-refractivity contribution in [1.29, 1.82) is 0 Å². The second kappa shape index (κ2) is 4.01. The van der Waals surface area contributed by atoms with Crippen LogP contribution in [0.3, 0.4) is 0 Å². The van der Waals surface area contributed by atoms with E-state index >= 15 is 0 Å². The second-order valence-corrected chi connectivity index (χ2v) is 6.34. The number of nitrogens with one attached hydrogen (secondary N) is 1. The smallest absolute Gasteiger partial charge is 0.0942 e. The molecule has 0 aromatic rings. The van der Waals surface area contributed by atoms with E-state index in [1.54, 1.807) is 0 Å². The van der Waals surface area contributed by atoms with Crippen LogP contribution >= 0.6 is 0 Å². The van der Waals surface area contributed by atoms with Crippen molar-refractivity contribution in [3.63, 3.8) is 0 Å². The third-order valence-corrected chi connectivity index (χ3v) is 2.51. The van der Waals surface area contributed by atoms with Gasteiger partial charge in [0.15, 0.2) is 0 Å². The average molecular weight is 209 g/mol. The molecule has 0 radical (unpaired) electrons. The van der Waals surface area contributed by atoms with Gasteiger partial charge in [0.1, 0.15) is 0 Å². The first-order chi connectivity index (χ1) is 6.72. The first-order valence-corrected chi connectivity index (χ1v) is 5.69. The van der Waals surface area contributed by atoms with E-state index < -0.39 is 0 Å². The van der Waals surface area contributed by atoms with Gasteiger partial charge in [0.25, 0.3) is 0 Å². The molecule has 1 aliphatic carbocycles. The van der Waals surface area contributed by atoms with Crippen LogP contribution < -0.4 is 11.1 Å². The molecule has 4 N–H and O–H groups in total. The predicted octanol–water partition coefficient (Wildman–Crippen LogP) is 2.20. The molecule has 0 heterocycles. The van der Waals surface area contributed by atoms with E-state index in [0.717, 1.165) is 12.8 Å². The van der Waals surface area contributed by atoms with E-state index in [1.165, 1.54) is 11.3 Å². The molecule has 0 unspecified atom stereocenters. The number of rotatable bonds is 1. The molecule has 15 heavy (non-hydrogen) atoms. The van der Waals surface area contributed by atoms with Gasteiger partial charge in [0, 0.05) is 16.8 Å². The highest BCUT2D eigenvalue weighted by molar-refractivity contribution is 5.28. The maximum Gasteiger partial charge on any atom is 0.0942 e. The average Bonchev–Trinajstić information content (AvgIpc) is 1.97. The van der Waals surface area contributed by atoms with E-state index in [0.29, 0.717) is 5.41 Å². The molecule has 2 nitrogen and oxygen atoms in total. The lowest BCUT2D eigenvalue weighted by molar-refractivity contribution is -0.276. The Hall–Kier alpha value is -0.760. The lowest BCUT2D eigenvalue weighted by atomic mass is 9.77. The van der Waals surface area contributed by atoms with E-state index in [-0.39, 0.29) is 5.54 Å². The lowest BCUT2D eigenvalue weighted by Crippen LogP contribution is -2.42. The fraction of sp³-hybridized carbons (Fsp3) is 0.692. The Morgan fingerprint density at radius 3 is 2.40 bits per heavy atom. The van der Waals surface area contributed by atoms with Crippen LogP contribution in [0.1, 0.15) is 47.5 Å². The summed E-state index contributed by atoms with van der Waals surface area (Å²) in [5, 5.41) is 3.57. The van der Waals surface area contributed by atoms with Crippen LogP contribution in [0.2, 0.25) is 0 Å². The van der Waals surface area contributed by atoms with Gasteiger partial charge in [-0.2, -0.15) is 0 Å². The Kier molecular flexibility index (Phi) is 3.29. The molecule has 0 aliphatic heterocycles. The Morgan fingerprint density at radius 2 is 1.93 bits per heavy atom. The van der Waals surface area contributed by atoms with Crippen LogP contribution in [0, 0.1) is 5.41 Å². The van der Waals surface area contributed by atoms with Crippen LogP contribution in [0.4, 0.5) is 0 Å². The summed E-state index contributed by atoms with van der Waals surface area (Å²) in [5.41, 5.74) is 7.06. The fourth-order valence-corrected chi connectivity index (χ4v) is 2.15. The van der Waals surface area contributed by atoms with E-state index in [2.05, 4.69) is 51.7 Å². The summed E-state index contributed by atoms with van der Waals surface area (Å²) in [6.07, 6.45) is 6.49. The molecule has 2 heteroatoms. The molecule has 1 aliphatic rings. The van der Waals surface area contributed by atoms with Gasteiger partial charge in [-0.25, -0.2) is 0 Å². The molecule has 0 amide bonds. The van der Waals surface area contributed by atoms with Gasteiger partial charge >= 0.3 is 0 Å². The highest BCUT2D eigenvalue weighted by Gasteiger charge is 2.27. The number of allylic oxidation sites excluding steroid dienone is 3. The summed E-state index contributed by atoms with van der Waals surface area (Å²) < 4.78 is 0. The highest BCUT2D eigenvalue weighted by Crippen LogP contribution is 2.37. The lowest BCUT2D eigenvalue weighted by Gasteiger charge is -2.34. The van der Waals surface area contributed by atoms with Gasteiger partial charge in [-0.05, 0) is 45.1 Å². The molecule has 0 saturated heterocycles. The summed E-state index contributed by atoms with van der Waals surface area (Å²) in [4.78, 5) is 0. The minimum atomic E-state index is 0.144. The normalized spacial score (nSPS) is 23.9. The zero-order valence-corrected chi connectivity index (χ0v) is 10.8. The van der Waals surface area contributed by atoms with Gasteiger partial charge in [0.2, 0.25) is 0 Å². The maximum absolute atomic E-state index is 3.87. The second-order valence-electron chi connectivity index (χ2n) is 6.34. The third-order valence-electron chi connectivity index (χ3n) is 2.51. The largest absolute Gasteiger partial charge is 0.384 e. The van der Waals surface area contributed by atoms with Crippen LogP contribution in [0.25, 0.3) is 0 Å². The standard InChI is InChI=1S/C13H24N2/c1-12(2,3)15-11-6-10(9-14)7-13(4,5)8-11/h6,9,15H,7-8,14H2,1-5H3/p+1/b10-9-. The molecule has 86 valence electrons. The Labute approximate surface area is 93.6 Å². The molecular weight excluding hydrogens is 184 g/mol. The van der Waals surface area contributed by atoms with Crippen molar-refractivity contribution in [2.75, 3.05) is 0 Å². The van der Waals surface area contributed by atoms with E-state index in [1.807, 2.05) is 6.20 Å². The Balaban J connectivity index is 2.85. The SMILES string of the molecule is CC1(C)CC(NC(C)(C)C)=C/C(=C/[NH3+])C1. The minimum Gasteiger partial charge on any atom is -0.384 e. The predicted molar refractivity (Wildman–Crippen MR) is 65.0 cm³/mol. The van der Waals surface area contributed by atoms with Crippen molar-refractivity contribution in [2.24, 2.45) is 5.41 Å². The molecular formula is C13H25N2+.